The molecule has 1 amide bonds. The molecule has 190 valence electrons. The second kappa shape index (κ2) is 10.0. The summed E-state index contributed by atoms with van der Waals surface area (Å²) >= 11 is 0. The lowest BCUT2D eigenvalue weighted by Crippen LogP contribution is -2.29. The van der Waals surface area contributed by atoms with Gasteiger partial charge in [-0.15, -0.1) is 0 Å². The number of carbonyl (C=O) groups is 2. The zero-order valence-electron chi connectivity index (χ0n) is 21.0. The number of phenols is 1. The number of aliphatic hydroxyl groups excluding tert-OH is 1. The number of hydrogen-bond acceptors (Lipinski definition) is 6. The summed E-state index contributed by atoms with van der Waals surface area (Å²) in [6.07, 6.45) is 2.31. The monoisotopic (exact) mass is 498 g/mol. The summed E-state index contributed by atoms with van der Waals surface area (Å²) in [6, 6.07) is 18.3. The molecule has 3 aromatic carbocycles. The van der Waals surface area contributed by atoms with Crippen LogP contribution >= 0.6 is 0 Å². The van der Waals surface area contributed by atoms with Gasteiger partial charge in [0.1, 0.15) is 17.3 Å². The van der Waals surface area contributed by atoms with E-state index in [9.17, 15) is 19.8 Å². The zero-order valence-corrected chi connectivity index (χ0v) is 21.0. The van der Waals surface area contributed by atoms with E-state index in [1.54, 1.807) is 30.3 Å². The first-order valence-electron chi connectivity index (χ1n) is 12.6. The number of hydrogen-bond donors (Lipinski definition) is 2. The molecule has 2 saturated heterocycles. The maximum atomic E-state index is 13.4. The van der Waals surface area contributed by atoms with Crippen LogP contribution in [0.15, 0.2) is 72.3 Å². The molecule has 2 N–H and O–H groups in total. The Morgan fingerprint density at radius 3 is 2.22 bits per heavy atom. The minimum absolute atomic E-state index is 0.00266. The molecule has 7 heteroatoms. The zero-order chi connectivity index (χ0) is 26.1. The van der Waals surface area contributed by atoms with Crippen molar-refractivity contribution in [1.29, 1.82) is 0 Å². The van der Waals surface area contributed by atoms with Crippen LogP contribution in [0.2, 0.25) is 0 Å². The maximum Gasteiger partial charge on any atom is 0.300 e. The molecule has 0 saturated carbocycles. The van der Waals surface area contributed by atoms with Crippen LogP contribution < -0.4 is 14.5 Å². The third kappa shape index (κ3) is 4.53. The van der Waals surface area contributed by atoms with Crippen LogP contribution in [0.3, 0.4) is 0 Å². The summed E-state index contributed by atoms with van der Waals surface area (Å²) in [5.41, 5.74) is 3.47. The summed E-state index contributed by atoms with van der Waals surface area (Å²) in [6.45, 7) is 6.26. The number of benzene rings is 3. The SMILES string of the molecule is CCOc1ccc(/C(O)=C2/C(=O)C(=O)N(c3ccc(N4CCCC4)cc3)C2c2ccc(O)cc2)cc1C. The van der Waals surface area contributed by atoms with Gasteiger partial charge >= 0.3 is 0 Å². The predicted octanol–water partition coefficient (Wildman–Crippen LogP) is 5.33. The Morgan fingerprint density at radius 1 is 0.946 bits per heavy atom. The van der Waals surface area contributed by atoms with Crippen molar-refractivity contribution < 1.29 is 24.5 Å². The van der Waals surface area contributed by atoms with Crippen LogP contribution in [-0.4, -0.2) is 41.6 Å². The third-order valence-corrected chi connectivity index (χ3v) is 7.00. The van der Waals surface area contributed by atoms with Gasteiger partial charge in [-0.3, -0.25) is 14.5 Å². The number of nitrogens with zero attached hydrogens (tertiary/aromatic N) is 2. The Kier molecular flexibility index (Phi) is 6.61. The molecular formula is C30H30N2O5. The van der Waals surface area contributed by atoms with Crippen molar-refractivity contribution in [2.75, 3.05) is 29.5 Å². The second-order valence-electron chi connectivity index (χ2n) is 9.38. The summed E-state index contributed by atoms with van der Waals surface area (Å²) < 4.78 is 5.60. The molecule has 3 aromatic rings. The largest absolute Gasteiger partial charge is 0.508 e. The normalized spacial score (nSPS) is 19.0. The van der Waals surface area contributed by atoms with E-state index in [-0.39, 0.29) is 17.1 Å². The van der Waals surface area contributed by atoms with Crippen LogP contribution in [0, 0.1) is 6.92 Å². The smallest absolute Gasteiger partial charge is 0.300 e. The fraction of sp³-hybridized carbons (Fsp3) is 0.267. The number of aryl methyl sites for hydroxylation is 1. The van der Waals surface area contributed by atoms with E-state index in [0.29, 0.717) is 29.2 Å². The lowest BCUT2D eigenvalue weighted by Gasteiger charge is -2.26. The standard InChI is InChI=1S/C30H30N2O5/c1-3-37-25-15-8-21(18-19(25)2)28(34)26-27(20-6-13-24(33)14-7-20)32(30(36)29(26)35)23-11-9-22(10-12-23)31-16-4-5-17-31/h6-15,18,27,33-34H,3-5,16-17H2,1-2H3/b28-26-. The van der Waals surface area contributed by atoms with Crippen LogP contribution in [-0.2, 0) is 9.59 Å². The number of Topliss-reactive ketones (excluding diaryl/α,β-unsaturated/α-hetero) is 1. The quantitative estimate of drug-likeness (QED) is 0.271. The number of phenolic OH excluding ortho intramolecular Hbond substituents is 1. The van der Waals surface area contributed by atoms with E-state index in [2.05, 4.69) is 4.90 Å². The van der Waals surface area contributed by atoms with Crippen molar-refractivity contribution >= 4 is 28.8 Å². The number of ether oxygens (including phenoxy) is 1. The average Bonchev–Trinajstić information content (AvgIpc) is 3.53. The van der Waals surface area contributed by atoms with Crippen molar-refractivity contribution in [2.45, 2.75) is 32.7 Å². The number of ketones is 1. The summed E-state index contributed by atoms with van der Waals surface area (Å²) in [7, 11) is 0. The van der Waals surface area contributed by atoms with Crippen molar-refractivity contribution in [3.05, 3.63) is 89.0 Å². The molecule has 2 aliphatic rings. The van der Waals surface area contributed by atoms with Crippen molar-refractivity contribution in [3.63, 3.8) is 0 Å². The molecular weight excluding hydrogens is 468 g/mol. The fourth-order valence-corrected chi connectivity index (χ4v) is 5.14. The van der Waals surface area contributed by atoms with Crippen molar-refractivity contribution in [3.8, 4) is 11.5 Å². The number of amides is 1. The highest BCUT2D eigenvalue weighted by molar-refractivity contribution is 6.51. The first-order valence-corrected chi connectivity index (χ1v) is 12.6. The molecule has 2 aliphatic heterocycles. The van der Waals surface area contributed by atoms with Gasteiger partial charge in [-0.25, -0.2) is 0 Å². The molecule has 0 radical (unpaired) electrons. The van der Waals surface area contributed by atoms with Crippen molar-refractivity contribution in [1.82, 2.24) is 0 Å². The molecule has 0 aromatic heterocycles. The van der Waals surface area contributed by atoms with Gasteiger partial charge in [0.05, 0.1) is 18.2 Å². The molecule has 1 atom stereocenters. The third-order valence-electron chi connectivity index (χ3n) is 7.00. The highest BCUT2D eigenvalue weighted by Gasteiger charge is 2.47. The van der Waals surface area contributed by atoms with Crippen LogP contribution in [0.25, 0.3) is 5.76 Å². The predicted molar refractivity (Wildman–Crippen MR) is 143 cm³/mol. The summed E-state index contributed by atoms with van der Waals surface area (Å²) in [5.74, 6) is -0.966. The molecule has 2 heterocycles. The van der Waals surface area contributed by atoms with E-state index in [4.69, 9.17) is 4.74 Å². The first-order chi connectivity index (χ1) is 17.9. The van der Waals surface area contributed by atoms with Crippen LogP contribution in [0.1, 0.15) is 42.5 Å². The molecule has 7 nitrogen and oxygen atoms in total. The lowest BCUT2D eigenvalue weighted by molar-refractivity contribution is -0.132. The van der Waals surface area contributed by atoms with Crippen LogP contribution in [0.4, 0.5) is 11.4 Å². The van der Waals surface area contributed by atoms with Crippen molar-refractivity contribution in [2.24, 2.45) is 0 Å². The molecule has 0 bridgehead atoms. The van der Waals surface area contributed by atoms with Gasteiger partial charge in [0.25, 0.3) is 11.7 Å². The number of aliphatic hydroxyl groups is 1. The summed E-state index contributed by atoms with van der Waals surface area (Å²) in [5, 5.41) is 21.2. The molecule has 5 rings (SSSR count). The average molecular weight is 499 g/mol. The minimum Gasteiger partial charge on any atom is -0.508 e. The van der Waals surface area contributed by atoms with E-state index in [1.807, 2.05) is 38.1 Å². The lowest BCUT2D eigenvalue weighted by atomic mass is 9.94. The number of rotatable bonds is 6. The highest BCUT2D eigenvalue weighted by atomic mass is 16.5. The van der Waals surface area contributed by atoms with Gasteiger partial charge in [0.15, 0.2) is 0 Å². The maximum absolute atomic E-state index is 13.4. The fourth-order valence-electron chi connectivity index (χ4n) is 5.14. The van der Waals surface area contributed by atoms with E-state index < -0.39 is 17.7 Å². The van der Waals surface area contributed by atoms with Gasteiger partial charge < -0.3 is 19.8 Å². The van der Waals surface area contributed by atoms with Gasteiger partial charge in [-0.05, 0) is 92.4 Å². The Morgan fingerprint density at radius 2 is 1.59 bits per heavy atom. The molecule has 1 unspecified atom stereocenters. The number of carbonyl (C=O) groups excluding carboxylic acids is 2. The second-order valence-corrected chi connectivity index (χ2v) is 9.38. The number of aromatic hydroxyl groups is 1. The molecule has 0 aliphatic carbocycles. The van der Waals surface area contributed by atoms with Gasteiger partial charge in [0, 0.05) is 30.0 Å². The minimum atomic E-state index is -0.856. The Bertz CT molecular complexity index is 1360. The topological polar surface area (TPSA) is 90.3 Å². The van der Waals surface area contributed by atoms with E-state index in [1.165, 1.54) is 17.0 Å². The van der Waals surface area contributed by atoms with Gasteiger partial charge in [0.2, 0.25) is 0 Å². The van der Waals surface area contributed by atoms with E-state index >= 15 is 0 Å². The molecule has 37 heavy (non-hydrogen) atoms. The Hall–Kier alpha value is -4.26. The molecule has 0 spiro atoms. The molecule has 2 fully saturated rings. The van der Waals surface area contributed by atoms with E-state index in [0.717, 1.165) is 37.2 Å². The first kappa shape index (κ1) is 24.4. The summed E-state index contributed by atoms with van der Waals surface area (Å²) in [4.78, 5) is 30.5. The van der Waals surface area contributed by atoms with Crippen LogP contribution in [0.5, 0.6) is 11.5 Å². The van der Waals surface area contributed by atoms with Gasteiger partial charge in [-0.1, -0.05) is 12.1 Å². The van der Waals surface area contributed by atoms with Gasteiger partial charge in [-0.2, -0.15) is 0 Å². The Labute approximate surface area is 216 Å². The number of anilines is 2. The Balaban J connectivity index is 1.61. The highest BCUT2D eigenvalue weighted by Crippen LogP contribution is 2.43.